The highest BCUT2D eigenvalue weighted by atomic mass is 19.1. The standard InChI is InChI=1S/C17H21FN2O3/c18-14-4-1-3-13(9-14)10-20-8-6-17(16(20)23)5-2-7-19(12-17)11-15(21)22/h1,3-4,9H,2,5-8,10-12H2,(H,21,22)/t17-/m0/s1. The summed E-state index contributed by atoms with van der Waals surface area (Å²) in [5.74, 6) is -1.07. The summed E-state index contributed by atoms with van der Waals surface area (Å²) in [4.78, 5) is 27.4. The molecular weight excluding hydrogens is 299 g/mol. The van der Waals surface area contributed by atoms with Crippen LogP contribution in [-0.4, -0.2) is 53.0 Å². The Bertz CT molecular complexity index is 622. The van der Waals surface area contributed by atoms with E-state index in [2.05, 4.69) is 0 Å². The first-order valence-corrected chi connectivity index (χ1v) is 7.96. The predicted molar refractivity (Wildman–Crippen MR) is 82.2 cm³/mol. The minimum absolute atomic E-state index is 0.0150. The van der Waals surface area contributed by atoms with Gasteiger partial charge in [-0.2, -0.15) is 0 Å². The van der Waals surface area contributed by atoms with Crippen LogP contribution < -0.4 is 0 Å². The second-order valence-corrected chi connectivity index (χ2v) is 6.59. The number of halogens is 1. The molecule has 0 bridgehead atoms. The Kier molecular flexibility index (Phi) is 4.35. The third kappa shape index (κ3) is 3.37. The maximum Gasteiger partial charge on any atom is 0.317 e. The highest BCUT2D eigenvalue weighted by Crippen LogP contribution is 2.40. The summed E-state index contributed by atoms with van der Waals surface area (Å²) < 4.78 is 13.3. The number of carboxylic acid groups (broad SMARTS) is 1. The summed E-state index contributed by atoms with van der Waals surface area (Å²) in [6.45, 7) is 2.29. The van der Waals surface area contributed by atoms with Crippen LogP contribution in [-0.2, 0) is 16.1 Å². The van der Waals surface area contributed by atoms with Crippen LogP contribution in [0.3, 0.4) is 0 Å². The van der Waals surface area contributed by atoms with E-state index in [9.17, 15) is 14.0 Å². The third-order valence-electron chi connectivity index (χ3n) is 4.88. The summed E-state index contributed by atoms with van der Waals surface area (Å²) in [6, 6.07) is 6.31. The van der Waals surface area contributed by atoms with Gasteiger partial charge in [0.1, 0.15) is 5.82 Å². The second-order valence-electron chi connectivity index (χ2n) is 6.59. The van der Waals surface area contributed by atoms with Gasteiger partial charge in [0, 0.05) is 19.6 Å². The number of nitrogens with zero attached hydrogens (tertiary/aromatic N) is 2. The molecule has 1 aromatic rings. The Balaban J connectivity index is 1.69. The quantitative estimate of drug-likeness (QED) is 0.918. The first-order valence-electron chi connectivity index (χ1n) is 7.96. The number of carbonyl (C=O) groups is 2. The van der Waals surface area contributed by atoms with E-state index >= 15 is 0 Å². The van der Waals surface area contributed by atoms with Gasteiger partial charge in [-0.05, 0) is 43.5 Å². The van der Waals surface area contributed by atoms with Crippen LogP contribution in [0.4, 0.5) is 4.39 Å². The molecule has 3 rings (SSSR count). The fourth-order valence-electron chi connectivity index (χ4n) is 3.83. The monoisotopic (exact) mass is 320 g/mol. The minimum Gasteiger partial charge on any atom is -0.480 e. The molecule has 1 spiro atoms. The normalized spacial score (nSPS) is 25.3. The first kappa shape index (κ1) is 15.9. The Morgan fingerprint density at radius 2 is 2.13 bits per heavy atom. The lowest BCUT2D eigenvalue weighted by Crippen LogP contribution is -2.49. The second kappa shape index (κ2) is 6.28. The Morgan fingerprint density at radius 3 is 2.87 bits per heavy atom. The number of piperidine rings is 1. The largest absolute Gasteiger partial charge is 0.480 e. The van der Waals surface area contributed by atoms with E-state index in [0.29, 0.717) is 19.6 Å². The van der Waals surface area contributed by atoms with Gasteiger partial charge in [-0.3, -0.25) is 14.5 Å². The zero-order valence-corrected chi connectivity index (χ0v) is 13.0. The molecule has 1 amide bonds. The fourth-order valence-corrected chi connectivity index (χ4v) is 3.83. The highest BCUT2D eigenvalue weighted by molar-refractivity contribution is 5.85. The molecule has 124 valence electrons. The smallest absolute Gasteiger partial charge is 0.317 e. The van der Waals surface area contributed by atoms with Crippen LogP contribution in [0.25, 0.3) is 0 Å². The summed E-state index contributed by atoms with van der Waals surface area (Å²) in [5, 5.41) is 8.96. The van der Waals surface area contributed by atoms with Gasteiger partial charge in [0.25, 0.3) is 0 Å². The van der Waals surface area contributed by atoms with Crippen molar-refractivity contribution in [2.45, 2.75) is 25.8 Å². The molecule has 2 aliphatic rings. The van der Waals surface area contributed by atoms with Crippen molar-refractivity contribution < 1.29 is 19.1 Å². The summed E-state index contributed by atoms with van der Waals surface area (Å²) in [5.41, 5.74) is 0.328. The Labute approximate surface area is 134 Å². The van der Waals surface area contributed by atoms with Crippen molar-refractivity contribution in [3.63, 3.8) is 0 Å². The van der Waals surface area contributed by atoms with E-state index in [0.717, 1.165) is 31.4 Å². The lowest BCUT2D eigenvalue weighted by Gasteiger charge is -2.38. The molecule has 0 saturated carbocycles. The lowest BCUT2D eigenvalue weighted by molar-refractivity contribution is -0.144. The van der Waals surface area contributed by atoms with E-state index < -0.39 is 11.4 Å². The summed E-state index contributed by atoms with van der Waals surface area (Å²) >= 11 is 0. The van der Waals surface area contributed by atoms with Crippen LogP contribution in [0.15, 0.2) is 24.3 Å². The number of likely N-dealkylation sites (tertiary alicyclic amines) is 2. The third-order valence-corrected chi connectivity index (χ3v) is 4.88. The number of benzene rings is 1. The molecule has 1 atom stereocenters. The van der Waals surface area contributed by atoms with Crippen molar-refractivity contribution in [2.24, 2.45) is 5.41 Å². The SMILES string of the molecule is O=C(O)CN1CCC[C@]2(CCN(Cc3cccc(F)c3)C2=O)C1. The summed E-state index contributed by atoms with van der Waals surface area (Å²) in [7, 11) is 0. The average Bonchev–Trinajstić information content (AvgIpc) is 2.76. The molecule has 0 aromatic heterocycles. The topological polar surface area (TPSA) is 60.9 Å². The average molecular weight is 320 g/mol. The number of rotatable bonds is 4. The van der Waals surface area contributed by atoms with Gasteiger partial charge in [-0.1, -0.05) is 12.1 Å². The number of aliphatic carboxylic acids is 1. The number of carboxylic acids is 1. The molecular formula is C17H21FN2O3. The highest BCUT2D eigenvalue weighted by Gasteiger charge is 2.48. The van der Waals surface area contributed by atoms with Crippen LogP contribution in [0.5, 0.6) is 0 Å². The van der Waals surface area contributed by atoms with Crippen molar-refractivity contribution in [2.75, 3.05) is 26.2 Å². The van der Waals surface area contributed by atoms with Gasteiger partial charge in [0.05, 0.1) is 12.0 Å². The van der Waals surface area contributed by atoms with Gasteiger partial charge in [0.2, 0.25) is 5.91 Å². The Morgan fingerprint density at radius 1 is 1.30 bits per heavy atom. The van der Waals surface area contributed by atoms with E-state index in [4.69, 9.17) is 5.11 Å². The molecule has 5 nitrogen and oxygen atoms in total. The van der Waals surface area contributed by atoms with Crippen LogP contribution in [0, 0.1) is 11.2 Å². The molecule has 0 radical (unpaired) electrons. The Hall–Kier alpha value is -1.95. The molecule has 23 heavy (non-hydrogen) atoms. The van der Waals surface area contributed by atoms with Gasteiger partial charge in [0.15, 0.2) is 0 Å². The van der Waals surface area contributed by atoms with Crippen molar-refractivity contribution in [3.05, 3.63) is 35.6 Å². The molecule has 1 aromatic carbocycles. The van der Waals surface area contributed by atoms with Gasteiger partial charge >= 0.3 is 5.97 Å². The van der Waals surface area contributed by atoms with E-state index in [1.165, 1.54) is 12.1 Å². The first-order chi connectivity index (χ1) is 11.0. The molecule has 6 heteroatoms. The predicted octanol–water partition coefficient (Wildman–Crippen LogP) is 1.72. The maximum atomic E-state index is 13.3. The lowest BCUT2D eigenvalue weighted by atomic mass is 9.78. The van der Waals surface area contributed by atoms with Gasteiger partial charge in [-0.25, -0.2) is 4.39 Å². The molecule has 2 aliphatic heterocycles. The summed E-state index contributed by atoms with van der Waals surface area (Å²) in [6.07, 6.45) is 2.39. The van der Waals surface area contributed by atoms with Crippen LogP contribution in [0.2, 0.25) is 0 Å². The minimum atomic E-state index is -0.857. The molecule has 0 unspecified atom stereocenters. The zero-order valence-electron chi connectivity index (χ0n) is 13.0. The molecule has 1 N–H and O–H groups in total. The number of hydrogen-bond acceptors (Lipinski definition) is 3. The van der Waals surface area contributed by atoms with Crippen molar-refractivity contribution >= 4 is 11.9 Å². The van der Waals surface area contributed by atoms with E-state index in [1.807, 2.05) is 11.0 Å². The number of hydrogen-bond donors (Lipinski definition) is 1. The number of carbonyl (C=O) groups excluding carboxylic acids is 1. The number of amides is 1. The fraction of sp³-hybridized carbons (Fsp3) is 0.529. The van der Waals surface area contributed by atoms with Crippen molar-refractivity contribution in [1.82, 2.24) is 9.80 Å². The van der Waals surface area contributed by atoms with Gasteiger partial charge < -0.3 is 10.0 Å². The van der Waals surface area contributed by atoms with E-state index in [1.54, 1.807) is 11.0 Å². The van der Waals surface area contributed by atoms with Crippen LogP contribution >= 0.6 is 0 Å². The molecule has 2 fully saturated rings. The molecule has 2 heterocycles. The maximum absolute atomic E-state index is 13.3. The van der Waals surface area contributed by atoms with Gasteiger partial charge in [-0.15, -0.1) is 0 Å². The van der Waals surface area contributed by atoms with Crippen molar-refractivity contribution in [3.8, 4) is 0 Å². The molecule has 0 aliphatic carbocycles. The molecule has 2 saturated heterocycles. The van der Waals surface area contributed by atoms with E-state index in [-0.39, 0.29) is 18.3 Å². The zero-order chi connectivity index (χ0) is 16.4. The van der Waals surface area contributed by atoms with Crippen molar-refractivity contribution in [1.29, 1.82) is 0 Å². The van der Waals surface area contributed by atoms with Crippen LogP contribution in [0.1, 0.15) is 24.8 Å².